The predicted octanol–water partition coefficient (Wildman–Crippen LogP) is 3.40. The van der Waals surface area contributed by atoms with Gasteiger partial charge < -0.3 is 10.6 Å². The van der Waals surface area contributed by atoms with Crippen LogP contribution < -0.4 is 10.6 Å². The van der Waals surface area contributed by atoms with E-state index in [-0.39, 0.29) is 30.0 Å². The summed E-state index contributed by atoms with van der Waals surface area (Å²) < 4.78 is 24.8. The van der Waals surface area contributed by atoms with E-state index in [1.165, 1.54) is 17.4 Å². The summed E-state index contributed by atoms with van der Waals surface area (Å²) in [5.41, 5.74) is 2.60. The van der Waals surface area contributed by atoms with Crippen molar-refractivity contribution in [3.05, 3.63) is 35.4 Å². The summed E-state index contributed by atoms with van der Waals surface area (Å²) in [6.07, 6.45) is 4.14. The van der Waals surface area contributed by atoms with Crippen LogP contribution >= 0.6 is 24.0 Å². The van der Waals surface area contributed by atoms with Crippen molar-refractivity contribution in [2.45, 2.75) is 46.1 Å². The van der Waals surface area contributed by atoms with Gasteiger partial charge in [-0.15, -0.1) is 24.0 Å². The van der Waals surface area contributed by atoms with Gasteiger partial charge in [0.05, 0.1) is 12.3 Å². The van der Waals surface area contributed by atoms with Crippen LogP contribution in [0.2, 0.25) is 0 Å². The highest BCUT2D eigenvalue weighted by molar-refractivity contribution is 14.0. The largest absolute Gasteiger partial charge is 0.356 e. The number of guanidine groups is 1. The summed E-state index contributed by atoms with van der Waals surface area (Å²) in [5, 5.41) is 6.85. The van der Waals surface area contributed by atoms with Gasteiger partial charge >= 0.3 is 0 Å². The quantitative estimate of drug-likeness (QED) is 0.319. The van der Waals surface area contributed by atoms with Gasteiger partial charge in [0.15, 0.2) is 5.96 Å². The third kappa shape index (κ3) is 8.80. The Balaban J connectivity index is 0.00000420. The Labute approximate surface area is 194 Å². The lowest BCUT2D eigenvalue weighted by Gasteiger charge is -2.30. The summed E-state index contributed by atoms with van der Waals surface area (Å²) in [6.45, 7) is 8.62. The molecule has 0 spiro atoms. The van der Waals surface area contributed by atoms with Crippen molar-refractivity contribution in [2.24, 2.45) is 16.8 Å². The average molecular weight is 537 g/mol. The minimum Gasteiger partial charge on any atom is -0.356 e. The van der Waals surface area contributed by atoms with Gasteiger partial charge in [-0.05, 0) is 49.1 Å². The number of benzene rings is 1. The first kappa shape index (κ1) is 26.2. The molecule has 1 aliphatic rings. The first-order valence-electron chi connectivity index (χ1n) is 10.2. The molecule has 6 nitrogen and oxygen atoms in total. The van der Waals surface area contributed by atoms with Gasteiger partial charge in [-0.25, -0.2) is 12.7 Å². The molecule has 2 N–H and O–H groups in total. The van der Waals surface area contributed by atoms with Crippen LogP contribution in [0, 0.1) is 11.8 Å². The zero-order chi connectivity index (χ0) is 20.7. The number of nitrogens with one attached hydrogen (secondary N) is 2. The molecule has 0 aromatic heterocycles. The van der Waals surface area contributed by atoms with E-state index in [9.17, 15) is 8.42 Å². The molecule has 1 aromatic carbocycles. The van der Waals surface area contributed by atoms with E-state index in [1.807, 2.05) is 0 Å². The van der Waals surface area contributed by atoms with E-state index >= 15 is 0 Å². The van der Waals surface area contributed by atoms with Crippen molar-refractivity contribution in [1.82, 2.24) is 14.9 Å². The first-order chi connectivity index (χ1) is 13.2. The number of piperidine rings is 1. The predicted molar refractivity (Wildman–Crippen MR) is 132 cm³/mol. The van der Waals surface area contributed by atoms with E-state index in [4.69, 9.17) is 0 Å². The molecule has 1 unspecified atom stereocenters. The molecular formula is C21H37IN4O2S. The van der Waals surface area contributed by atoms with E-state index in [1.54, 1.807) is 11.4 Å². The van der Waals surface area contributed by atoms with Crippen molar-refractivity contribution in [2.75, 3.05) is 32.9 Å². The van der Waals surface area contributed by atoms with Crippen LogP contribution in [0.3, 0.4) is 0 Å². The van der Waals surface area contributed by atoms with Crippen LogP contribution in [-0.2, 0) is 16.4 Å². The molecule has 8 heteroatoms. The van der Waals surface area contributed by atoms with Crippen molar-refractivity contribution in [3.63, 3.8) is 0 Å². The Morgan fingerprint density at radius 1 is 1.17 bits per heavy atom. The van der Waals surface area contributed by atoms with Gasteiger partial charge in [0, 0.05) is 26.7 Å². The third-order valence-corrected chi connectivity index (χ3v) is 6.60. The van der Waals surface area contributed by atoms with Crippen molar-refractivity contribution < 1.29 is 8.42 Å². The summed E-state index contributed by atoms with van der Waals surface area (Å²) in [6, 6.07) is 8.94. The number of hydrogen-bond donors (Lipinski definition) is 2. The van der Waals surface area contributed by atoms with E-state index in [0.29, 0.717) is 24.9 Å². The number of sulfonamides is 1. The Bertz CT molecular complexity index is 742. The summed E-state index contributed by atoms with van der Waals surface area (Å²) in [5.74, 6) is 1.90. The molecule has 1 fully saturated rings. The average Bonchev–Trinajstić information content (AvgIpc) is 2.64. The molecule has 1 heterocycles. The first-order valence-corrected chi connectivity index (χ1v) is 12.0. The lowest BCUT2D eigenvalue weighted by molar-refractivity contribution is 0.274. The number of nitrogens with zero attached hydrogens (tertiary/aromatic N) is 2. The second-order valence-electron chi connectivity index (χ2n) is 8.26. The number of hydrogen-bond acceptors (Lipinski definition) is 3. The van der Waals surface area contributed by atoms with Crippen LogP contribution in [0.1, 0.15) is 50.8 Å². The highest BCUT2D eigenvalue weighted by atomic mass is 127. The number of rotatable bonds is 7. The van der Waals surface area contributed by atoms with Gasteiger partial charge in [0.25, 0.3) is 0 Å². The molecule has 1 aromatic rings. The molecular weight excluding hydrogens is 499 g/mol. The van der Waals surface area contributed by atoms with Crippen LogP contribution in [-0.4, -0.2) is 51.6 Å². The molecule has 0 bridgehead atoms. The Morgan fingerprint density at radius 3 is 2.24 bits per heavy atom. The molecule has 1 saturated heterocycles. The molecule has 166 valence electrons. The van der Waals surface area contributed by atoms with Crippen LogP contribution in [0.5, 0.6) is 0 Å². The highest BCUT2D eigenvalue weighted by Crippen LogP contribution is 2.19. The standard InChI is InChI=1S/C21H36N4O2S.HI/c1-16(2)14-18-6-8-20(9-7-18)17(3)24-21(22-4)23-15-19-10-12-25(13-11-19)28(5,26)27;/h6-9,16-17,19H,10-15H2,1-5H3,(H2,22,23,24);1H. The lowest BCUT2D eigenvalue weighted by atomic mass is 9.98. The zero-order valence-corrected chi connectivity index (χ0v) is 21.5. The number of halogens is 1. The SMILES string of the molecule is CN=C(NCC1CCN(S(C)(=O)=O)CC1)NC(C)c1ccc(CC(C)C)cc1.I. The third-order valence-electron chi connectivity index (χ3n) is 5.30. The molecule has 0 amide bonds. The fraction of sp³-hybridized carbons (Fsp3) is 0.667. The van der Waals surface area contributed by atoms with Crippen LogP contribution in [0.4, 0.5) is 0 Å². The van der Waals surface area contributed by atoms with Crippen molar-refractivity contribution >= 4 is 40.0 Å². The van der Waals surface area contributed by atoms with Gasteiger partial charge in [0.1, 0.15) is 0 Å². The van der Waals surface area contributed by atoms with Crippen LogP contribution in [0.25, 0.3) is 0 Å². The topological polar surface area (TPSA) is 73.8 Å². The molecule has 0 saturated carbocycles. The molecule has 2 rings (SSSR count). The summed E-state index contributed by atoms with van der Waals surface area (Å²) >= 11 is 0. The molecule has 0 aliphatic carbocycles. The van der Waals surface area contributed by atoms with Crippen LogP contribution in [0.15, 0.2) is 29.3 Å². The van der Waals surface area contributed by atoms with Gasteiger partial charge in [-0.1, -0.05) is 38.1 Å². The van der Waals surface area contributed by atoms with Crippen molar-refractivity contribution in [3.8, 4) is 0 Å². The fourth-order valence-electron chi connectivity index (χ4n) is 3.58. The second-order valence-corrected chi connectivity index (χ2v) is 10.2. The molecule has 1 aliphatic heterocycles. The molecule has 0 radical (unpaired) electrons. The summed E-state index contributed by atoms with van der Waals surface area (Å²) in [4.78, 5) is 4.34. The number of aliphatic imine (C=N–C) groups is 1. The molecule has 1 atom stereocenters. The second kappa shape index (κ2) is 12.1. The fourth-order valence-corrected chi connectivity index (χ4v) is 4.46. The van der Waals surface area contributed by atoms with Gasteiger partial charge in [0.2, 0.25) is 10.0 Å². The van der Waals surface area contributed by atoms with Crippen molar-refractivity contribution in [1.29, 1.82) is 0 Å². The normalized spacial score (nSPS) is 17.7. The maximum absolute atomic E-state index is 11.6. The minimum atomic E-state index is -3.06. The molecule has 29 heavy (non-hydrogen) atoms. The Hall–Kier alpha value is -0.870. The smallest absolute Gasteiger partial charge is 0.211 e. The Kier molecular flexibility index (Phi) is 10.9. The van der Waals surface area contributed by atoms with Gasteiger partial charge in [-0.2, -0.15) is 0 Å². The minimum absolute atomic E-state index is 0. The van der Waals surface area contributed by atoms with E-state index in [0.717, 1.165) is 31.8 Å². The maximum atomic E-state index is 11.6. The van der Waals surface area contributed by atoms with E-state index < -0.39 is 10.0 Å². The van der Waals surface area contributed by atoms with Gasteiger partial charge in [-0.3, -0.25) is 4.99 Å². The lowest BCUT2D eigenvalue weighted by Crippen LogP contribution is -2.44. The van der Waals surface area contributed by atoms with E-state index in [2.05, 4.69) is 60.7 Å². The zero-order valence-electron chi connectivity index (χ0n) is 18.3. The summed E-state index contributed by atoms with van der Waals surface area (Å²) in [7, 11) is -1.29. The monoisotopic (exact) mass is 536 g/mol. The highest BCUT2D eigenvalue weighted by Gasteiger charge is 2.24. The Morgan fingerprint density at radius 2 is 1.76 bits per heavy atom. The maximum Gasteiger partial charge on any atom is 0.211 e.